The molecular weight excluding hydrogens is 272 g/mol. The van der Waals surface area contributed by atoms with E-state index in [-0.39, 0.29) is 5.56 Å². The molecule has 1 aliphatic rings. The van der Waals surface area contributed by atoms with E-state index in [0.717, 1.165) is 32.1 Å². The predicted molar refractivity (Wildman–Crippen MR) is 77.5 cm³/mol. The molecule has 4 heterocycles. The lowest BCUT2D eigenvalue weighted by Gasteiger charge is -2.34. The fourth-order valence-electron chi connectivity index (χ4n) is 2.54. The minimum atomic E-state index is -0.169. The van der Waals surface area contributed by atoms with Gasteiger partial charge in [-0.25, -0.2) is 4.98 Å². The Bertz CT molecular complexity index is 796. The van der Waals surface area contributed by atoms with E-state index in [1.54, 1.807) is 6.20 Å². The summed E-state index contributed by atoms with van der Waals surface area (Å²) in [5, 5.41) is 7.06. The average molecular weight is 286 g/mol. The quantitative estimate of drug-likeness (QED) is 0.596. The average Bonchev–Trinajstić information content (AvgIpc) is 3.19. The standard InChI is InChI=1S/C12H14N8O/c21-10-8-7-15-18-9(8)16-12(17-10)20-5-3-19(4-6-20)11-13-1-2-14-11/h1-2,7H,3-6H2,(H,13,14)(H2,15,16,17,18,21). The number of anilines is 2. The third kappa shape index (κ3) is 2.02. The van der Waals surface area contributed by atoms with Crippen LogP contribution in [0.25, 0.3) is 11.0 Å². The number of hydrogen-bond acceptors (Lipinski definition) is 6. The van der Waals surface area contributed by atoms with Gasteiger partial charge in [0, 0.05) is 38.6 Å². The van der Waals surface area contributed by atoms with Crippen LogP contribution in [0.15, 0.2) is 23.4 Å². The number of H-pyrrole nitrogens is 3. The second-order valence-electron chi connectivity index (χ2n) is 4.91. The summed E-state index contributed by atoms with van der Waals surface area (Å²) in [6.45, 7) is 3.17. The van der Waals surface area contributed by atoms with Crippen LogP contribution in [0, 0.1) is 0 Å². The zero-order valence-electron chi connectivity index (χ0n) is 11.2. The van der Waals surface area contributed by atoms with Crippen LogP contribution in [0.3, 0.4) is 0 Å². The molecule has 1 saturated heterocycles. The number of piperazine rings is 1. The van der Waals surface area contributed by atoms with Gasteiger partial charge < -0.3 is 14.8 Å². The number of rotatable bonds is 2. The first kappa shape index (κ1) is 11.9. The number of fused-ring (bicyclic) bond motifs is 1. The molecule has 0 amide bonds. The summed E-state index contributed by atoms with van der Waals surface area (Å²) in [4.78, 5) is 30.8. The van der Waals surface area contributed by atoms with E-state index in [4.69, 9.17) is 0 Å². The smallest absolute Gasteiger partial charge is 0.263 e. The molecule has 0 unspecified atom stereocenters. The van der Waals surface area contributed by atoms with E-state index in [1.807, 2.05) is 6.20 Å². The van der Waals surface area contributed by atoms with E-state index < -0.39 is 0 Å². The summed E-state index contributed by atoms with van der Waals surface area (Å²) in [7, 11) is 0. The fourth-order valence-corrected chi connectivity index (χ4v) is 2.54. The van der Waals surface area contributed by atoms with Crippen molar-refractivity contribution in [3.05, 3.63) is 28.9 Å². The molecule has 0 saturated carbocycles. The molecule has 3 N–H and O–H groups in total. The zero-order chi connectivity index (χ0) is 14.2. The fraction of sp³-hybridized carbons (Fsp3) is 0.333. The summed E-state index contributed by atoms with van der Waals surface area (Å²) < 4.78 is 0. The van der Waals surface area contributed by atoms with Gasteiger partial charge in [-0.05, 0) is 0 Å². The van der Waals surface area contributed by atoms with Crippen LogP contribution in [-0.4, -0.2) is 56.3 Å². The van der Waals surface area contributed by atoms with Crippen LogP contribution in [0.2, 0.25) is 0 Å². The van der Waals surface area contributed by atoms with Gasteiger partial charge in [0.15, 0.2) is 5.65 Å². The highest BCUT2D eigenvalue weighted by Crippen LogP contribution is 2.14. The molecule has 0 atom stereocenters. The maximum Gasteiger partial charge on any atom is 0.263 e. The molecule has 1 fully saturated rings. The van der Waals surface area contributed by atoms with Crippen molar-refractivity contribution in [3.8, 4) is 0 Å². The third-order valence-electron chi connectivity index (χ3n) is 3.67. The minimum Gasteiger partial charge on any atom is -0.339 e. The van der Waals surface area contributed by atoms with E-state index in [0.29, 0.717) is 17.0 Å². The Hall–Kier alpha value is -2.84. The second-order valence-corrected chi connectivity index (χ2v) is 4.91. The highest BCUT2D eigenvalue weighted by molar-refractivity contribution is 5.73. The van der Waals surface area contributed by atoms with Crippen molar-refractivity contribution in [2.24, 2.45) is 0 Å². The molecule has 21 heavy (non-hydrogen) atoms. The topological polar surface area (TPSA) is 110 Å². The molecule has 0 radical (unpaired) electrons. The van der Waals surface area contributed by atoms with Crippen molar-refractivity contribution in [2.75, 3.05) is 36.0 Å². The van der Waals surface area contributed by atoms with E-state index >= 15 is 0 Å². The second kappa shape index (κ2) is 4.62. The van der Waals surface area contributed by atoms with Gasteiger partial charge in [0.05, 0.1) is 6.20 Å². The Balaban J connectivity index is 1.56. The molecule has 9 heteroatoms. The van der Waals surface area contributed by atoms with Gasteiger partial charge in [0.25, 0.3) is 5.56 Å². The molecule has 9 nitrogen and oxygen atoms in total. The van der Waals surface area contributed by atoms with Crippen molar-refractivity contribution in [3.63, 3.8) is 0 Å². The number of hydrogen-bond donors (Lipinski definition) is 3. The highest BCUT2D eigenvalue weighted by Gasteiger charge is 2.20. The van der Waals surface area contributed by atoms with Crippen LogP contribution >= 0.6 is 0 Å². The summed E-state index contributed by atoms with van der Waals surface area (Å²) in [5.74, 6) is 1.45. The summed E-state index contributed by atoms with van der Waals surface area (Å²) in [5.41, 5.74) is 0.347. The van der Waals surface area contributed by atoms with Crippen molar-refractivity contribution >= 4 is 22.9 Å². The zero-order valence-corrected chi connectivity index (χ0v) is 11.2. The first-order valence-corrected chi connectivity index (χ1v) is 6.74. The van der Waals surface area contributed by atoms with E-state index in [1.165, 1.54) is 6.20 Å². The molecule has 0 spiro atoms. The monoisotopic (exact) mass is 286 g/mol. The van der Waals surface area contributed by atoms with Crippen LogP contribution < -0.4 is 15.4 Å². The molecule has 4 rings (SSSR count). The molecule has 0 bridgehead atoms. The van der Waals surface area contributed by atoms with Gasteiger partial charge in [-0.1, -0.05) is 0 Å². The summed E-state index contributed by atoms with van der Waals surface area (Å²) in [6.07, 6.45) is 5.04. The first-order valence-electron chi connectivity index (χ1n) is 6.74. The first-order chi connectivity index (χ1) is 10.3. The van der Waals surface area contributed by atoms with Gasteiger partial charge in [-0.15, -0.1) is 0 Å². The normalized spacial score (nSPS) is 15.8. The minimum absolute atomic E-state index is 0.169. The van der Waals surface area contributed by atoms with Gasteiger partial charge in [0.1, 0.15) is 5.39 Å². The van der Waals surface area contributed by atoms with Crippen LogP contribution in [-0.2, 0) is 0 Å². The Morgan fingerprint density at radius 3 is 2.57 bits per heavy atom. The summed E-state index contributed by atoms with van der Waals surface area (Å²) >= 11 is 0. The maximum atomic E-state index is 11.9. The van der Waals surface area contributed by atoms with E-state index in [9.17, 15) is 4.79 Å². The van der Waals surface area contributed by atoms with Crippen LogP contribution in [0.4, 0.5) is 11.9 Å². The van der Waals surface area contributed by atoms with Gasteiger partial charge in [-0.2, -0.15) is 10.1 Å². The number of imidazole rings is 1. The largest absolute Gasteiger partial charge is 0.339 e. The Labute approximate surface area is 119 Å². The summed E-state index contributed by atoms with van der Waals surface area (Å²) in [6, 6.07) is 0. The third-order valence-corrected chi connectivity index (χ3v) is 3.67. The van der Waals surface area contributed by atoms with Crippen LogP contribution in [0.5, 0.6) is 0 Å². The number of nitrogens with zero attached hydrogens (tertiary/aromatic N) is 5. The molecular formula is C12H14N8O. The lowest BCUT2D eigenvalue weighted by Crippen LogP contribution is -2.47. The molecule has 108 valence electrons. The van der Waals surface area contributed by atoms with Crippen molar-refractivity contribution in [1.29, 1.82) is 0 Å². The van der Waals surface area contributed by atoms with Gasteiger partial charge >= 0.3 is 0 Å². The predicted octanol–water partition coefficient (Wildman–Crippen LogP) is -0.304. The molecule has 0 aromatic carbocycles. The molecule has 0 aliphatic carbocycles. The highest BCUT2D eigenvalue weighted by atomic mass is 16.1. The Morgan fingerprint density at radius 1 is 1.10 bits per heavy atom. The van der Waals surface area contributed by atoms with Crippen LogP contribution in [0.1, 0.15) is 0 Å². The lowest BCUT2D eigenvalue weighted by atomic mass is 10.3. The number of nitrogens with one attached hydrogen (secondary N) is 3. The molecule has 1 aliphatic heterocycles. The van der Waals surface area contributed by atoms with E-state index in [2.05, 4.69) is 39.9 Å². The lowest BCUT2D eigenvalue weighted by molar-refractivity contribution is 0.630. The molecule has 3 aromatic heterocycles. The Morgan fingerprint density at radius 2 is 1.86 bits per heavy atom. The number of aromatic nitrogens is 6. The SMILES string of the molecule is O=c1[nH]c(N2CCN(c3ncc[nH]3)CC2)nc2[nH]ncc12. The van der Waals surface area contributed by atoms with Crippen molar-refractivity contribution in [2.45, 2.75) is 0 Å². The number of aromatic amines is 3. The Kier molecular flexibility index (Phi) is 2.62. The van der Waals surface area contributed by atoms with Crippen molar-refractivity contribution < 1.29 is 0 Å². The van der Waals surface area contributed by atoms with Crippen molar-refractivity contribution in [1.82, 2.24) is 30.1 Å². The van der Waals surface area contributed by atoms with Gasteiger partial charge in [-0.3, -0.25) is 14.9 Å². The van der Waals surface area contributed by atoms with Gasteiger partial charge in [0.2, 0.25) is 11.9 Å². The maximum absolute atomic E-state index is 11.9. The molecule has 3 aromatic rings.